The van der Waals surface area contributed by atoms with Crippen molar-refractivity contribution in [2.75, 3.05) is 25.0 Å². The third-order valence-corrected chi connectivity index (χ3v) is 4.36. The number of carbonyl (C=O) groups is 3. The van der Waals surface area contributed by atoms with Crippen LogP contribution in [-0.4, -0.2) is 47.8 Å². The van der Waals surface area contributed by atoms with Gasteiger partial charge in [0.15, 0.2) is 0 Å². The van der Waals surface area contributed by atoms with Gasteiger partial charge in [0.25, 0.3) is 0 Å². The van der Waals surface area contributed by atoms with E-state index in [9.17, 15) is 14.4 Å². The number of aliphatic carboxylic acids is 1. The molecule has 2 rings (SSSR count). The van der Waals surface area contributed by atoms with E-state index in [4.69, 9.17) is 33.0 Å². The predicted octanol–water partition coefficient (Wildman–Crippen LogP) is 3.17. The zero-order chi connectivity index (χ0) is 22.8. The van der Waals surface area contributed by atoms with E-state index in [1.165, 1.54) is 18.2 Å². The lowest BCUT2D eigenvalue weighted by Crippen LogP contribution is -2.39. The van der Waals surface area contributed by atoms with E-state index in [0.717, 1.165) is 5.69 Å². The number of nitrogens with one attached hydrogen (secondary N) is 3. The number of carbonyl (C=O) groups excluding carboxylic acids is 2. The standard InChI is InChI=1S/C20H22Cl2N4O5/c1-12-3-2-4-17(25-12)23-5-6-31-20(30)24-11-18(27)26-16(10-19(28)29)13-7-14(21)9-15(22)8-13/h2-4,7-9,16H,5-6,10-11H2,1H3,(H,23,25)(H,24,30)(H,26,27)(H,28,29). The van der Waals surface area contributed by atoms with Gasteiger partial charge in [-0.1, -0.05) is 29.3 Å². The molecule has 0 saturated carbocycles. The second-order valence-electron chi connectivity index (χ2n) is 6.50. The van der Waals surface area contributed by atoms with E-state index in [1.807, 2.05) is 19.1 Å². The lowest BCUT2D eigenvalue weighted by Gasteiger charge is -2.18. The molecule has 166 valence electrons. The minimum Gasteiger partial charge on any atom is -0.481 e. The summed E-state index contributed by atoms with van der Waals surface area (Å²) < 4.78 is 4.98. The first-order valence-electron chi connectivity index (χ1n) is 9.28. The minimum absolute atomic E-state index is 0.0612. The summed E-state index contributed by atoms with van der Waals surface area (Å²) in [4.78, 5) is 39.3. The van der Waals surface area contributed by atoms with Gasteiger partial charge in [-0.2, -0.15) is 0 Å². The van der Waals surface area contributed by atoms with Crippen LogP contribution >= 0.6 is 23.2 Å². The third-order valence-electron chi connectivity index (χ3n) is 3.92. The molecular weight excluding hydrogens is 447 g/mol. The topological polar surface area (TPSA) is 130 Å². The van der Waals surface area contributed by atoms with Gasteiger partial charge in [-0.15, -0.1) is 0 Å². The molecule has 0 bridgehead atoms. The molecule has 9 nitrogen and oxygen atoms in total. The SMILES string of the molecule is Cc1cccc(NCCOC(=O)NCC(=O)NC(CC(=O)O)c2cc(Cl)cc(Cl)c2)n1. The summed E-state index contributed by atoms with van der Waals surface area (Å²) in [5.41, 5.74) is 1.29. The van der Waals surface area contributed by atoms with Crippen LogP contribution in [0.5, 0.6) is 0 Å². The molecule has 0 aliphatic carbocycles. The number of nitrogens with zero attached hydrogens (tertiary/aromatic N) is 1. The fourth-order valence-corrected chi connectivity index (χ4v) is 3.16. The van der Waals surface area contributed by atoms with Crippen LogP contribution in [0.15, 0.2) is 36.4 Å². The highest BCUT2D eigenvalue weighted by Gasteiger charge is 2.19. The smallest absolute Gasteiger partial charge is 0.407 e. The van der Waals surface area contributed by atoms with Gasteiger partial charge in [-0.25, -0.2) is 9.78 Å². The van der Waals surface area contributed by atoms with Crippen molar-refractivity contribution in [1.29, 1.82) is 0 Å². The number of benzene rings is 1. The lowest BCUT2D eigenvalue weighted by molar-refractivity contribution is -0.137. The van der Waals surface area contributed by atoms with Gasteiger partial charge in [-0.05, 0) is 42.8 Å². The number of aryl methyl sites for hydroxylation is 1. The first-order chi connectivity index (χ1) is 14.7. The molecule has 0 aliphatic rings. The second kappa shape index (κ2) is 12.0. The number of hydrogen-bond acceptors (Lipinski definition) is 6. The number of alkyl carbamates (subject to hydrolysis) is 1. The average Bonchev–Trinajstić information content (AvgIpc) is 2.68. The fraction of sp³-hybridized carbons (Fsp3) is 0.300. The van der Waals surface area contributed by atoms with Crippen molar-refractivity contribution in [1.82, 2.24) is 15.6 Å². The quantitative estimate of drug-likeness (QED) is 0.394. The highest BCUT2D eigenvalue weighted by atomic mass is 35.5. The summed E-state index contributed by atoms with van der Waals surface area (Å²) in [6.45, 7) is 1.87. The Hall–Kier alpha value is -3.04. The van der Waals surface area contributed by atoms with Crippen LogP contribution in [0.4, 0.5) is 10.6 Å². The first kappa shape index (κ1) is 24.2. The van der Waals surface area contributed by atoms with Crippen molar-refractivity contribution in [3.63, 3.8) is 0 Å². The monoisotopic (exact) mass is 468 g/mol. The molecule has 0 radical (unpaired) electrons. The van der Waals surface area contributed by atoms with Gasteiger partial charge in [0.1, 0.15) is 19.0 Å². The highest BCUT2D eigenvalue weighted by Crippen LogP contribution is 2.25. The molecule has 1 unspecified atom stereocenters. The Bertz CT molecular complexity index is 921. The van der Waals surface area contributed by atoms with Crippen molar-refractivity contribution in [3.8, 4) is 0 Å². The van der Waals surface area contributed by atoms with Gasteiger partial charge < -0.3 is 25.8 Å². The van der Waals surface area contributed by atoms with Gasteiger partial charge in [-0.3, -0.25) is 9.59 Å². The van der Waals surface area contributed by atoms with E-state index < -0.39 is 30.6 Å². The van der Waals surface area contributed by atoms with Gasteiger partial charge >= 0.3 is 12.1 Å². The number of halogens is 2. The summed E-state index contributed by atoms with van der Waals surface area (Å²) in [7, 11) is 0. The molecule has 0 saturated heterocycles. The molecule has 4 N–H and O–H groups in total. The molecule has 0 aliphatic heterocycles. The van der Waals surface area contributed by atoms with Crippen LogP contribution in [0.1, 0.15) is 23.7 Å². The Balaban J connectivity index is 1.77. The maximum Gasteiger partial charge on any atom is 0.407 e. The van der Waals surface area contributed by atoms with Crippen molar-refractivity contribution >= 4 is 47.0 Å². The number of carboxylic acid groups (broad SMARTS) is 1. The number of hydrogen-bond donors (Lipinski definition) is 4. The van der Waals surface area contributed by atoms with Crippen LogP contribution in [0.25, 0.3) is 0 Å². The normalized spacial score (nSPS) is 11.3. The number of ether oxygens (including phenoxy) is 1. The third kappa shape index (κ3) is 9.10. The van der Waals surface area contributed by atoms with Crippen LogP contribution in [0.3, 0.4) is 0 Å². The zero-order valence-electron chi connectivity index (χ0n) is 16.7. The van der Waals surface area contributed by atoms with Crippen molar-refractivity contribution in [3.05, 3.63) is 57.7 Å². The summed E-state index contributed by atoms with van der Waals surface area (Å²) in [5.74, 6) is -1.06. The molecular formula is C20H22Cl2N4O5. The number of anilines is 1. The Morgan fingerprint density at radius 3 is 2.52 bits per heavy atom. The molecule has 1 atom stereocenters. The maximum atomic E-state index is 12.2. The molecule has 1 aromatic heterocycles. The van der Waals surface area contributed by atoms with Crippen LogP contribution in [-0.2, 0) is 14.3 Å². The van der Waals surface area contributed by atoms with Crippen molar-refractivity contribution in [2.45, 2.75) is 19.4 Å². The lowest BCUT2D eigenvalue weighted by atomic mass is 10.0. The molecule has 31 heavy (non-hydrogen) atoms. The second-order valence-corrected chi connectivity index (χ2v) is 7.37. The van der Waals surface area contributed by atoms with Gasteiger partial charge in [0.05, 0.1) is 19.0 Å². The van der Waals surface area contributed by atoms with Crippen molar-refractivity contribution in [2.24, 2.45) is 0 Å². The van der Waals surface area contributed by atoms with E-state index >= 15 is 0 Å². The molecule has 11 heteroatoms. The molecule has 0 fully saturated rings. The number of rotatable bonds is 10. The Kier molecular flexibility index (Phi) is 9.36. The van der Waals surface area contributed by atoms with Crippen molar-refractivity contribution < 1.29 is 24.2 Å². The van der Waals surface area contributed by atoms with E-state index in [-0.39, 0.29) is 13.0 Å². The van der Waals surface area contributed by atoms with Gasteiger partial charge in [0.2, 0.25) is 5.91 Å². The Morgan fingerprint density at radius 2 is 1.87 bits per heavy atom. The molecule has 2 amide bonds. The number of pyridine rings is 1. The summed E-state index contributed by atoms with van der Waals surface area (Å²) in [5, 5.41) is 17.6. The minimum atomic E-state index is -1.12. The zero-order valence-corrected chi connectivity index (χ0v) is 18.2. The molecule has 2 aromatic rings. The largest absolute Gasteiger partial charge is 0.481 e. The van der Waals surface area contributed by atoms with Crippen LogP contribution in [0.2, 0.25) is 10.0 Å². The average molecular weight is 469 g/mol. The highest BCUT2D eigenvalue weighted by molar-refractivity contribution is 6.34. The molecule has 1 aromatic carbocycles. The molecule has 0 spiro atoms. The van der Waals surface area contributed by atoms with Gasteiger partial charge in [0, 0.05) is 15.7 Å². The Morgan fingerprint density at radius 1 is 1.16 bits per heavy atom. The van der Waals surface area contributed by atoms with Crippen LogP contribution < -0.4 is 16.0 Å². The van der Waals surface area contributed by atoms with E-state index in [1.54, 1.807) is 6.07 Å². The summed E-state index contributed by atoms with van der Waals surface area (Å²) in [6.07, 6.45) is -1.17. The predicted molar refractivity (Wildman–Crippen MR) is 116 cm³/mol. The first-order valence-corrected chi connectivity index (χ1v) is 10.0. The number of aromatic nitrogens is 1. The van der Waals surface area contributed by atoms with Crippen LogP contribution in [0, 0.1) is 6.92 Å². The fourth-order valence-electron chi connectivity index (χ4n) is 2.62. The number of amides is 2. The molecule has 1 heterocycles. The van der Waals surface area contributed by atoms with E-state index in [0.29, 0.717) is 28.0 Å². The maximum absolute atomic E-state index is 12.2. The Labute approximate surface area is 189 Å². The number of carboxylic acids is 1. The summed E-state index contributed by atoms with van der Waals surface area (Å²) >= 11 is 11.9. The van der Waals surface area contributed by atoms with E-state index in [2.05, 4.69) is 20.9 Å². The summed E-state index contributed by atoms with van der Waals surface area (Å²) in [6, 6.07) is 9.16.